The van der Waals surface area contributed by atoms with Gasteiger partial charge in [-0.25, -0.2) is 4.98 Å². The van der Waals surface area contributed by atoms with Gasteiger partial charge < -0.3 is 9.80 Å². The molecule has 0 unspecified atom stereocenters. The summed E-state index contributed by atoms with van der Waals surface area (Å²) in [4.78, 5) is 9.59. The molecule has 2 heterocycles. The third-order valence-electron chi connectivity index (χ3n) is 5.07. The van der Waals surface area contributed by atoms with Crippen molar-refractivity contribution >= 4 is 22.3 Å². The van der Waals surface area contributed by atoms with Crippen LogP contribution in [0.5, 0.6) is 0 Å². The molecule has 1 aliphatic heterocycles. The molecule has 0 amide bonds. The average Bonchev–Trinajstić information content (AvgIpc) is 2.68. The van der Waals surface area contributed by atoms with Crippen molar-refractivity contribution in [2.24, 2.45) is 0 Å². The van der Waals surface area contributed by atoms with Gasteiger partial charge in [-0.05, 0) is 43.5 Å². The van der Waals surface area contributed by atoms with E-state index in [0.29, 0.717) is 0 Å². The van der Waals surface area contributed by atoms with Crippen molar-refractivity contribution in [2.75, 3.05) is 37.0 Å². The summed E-state index contributed by atoms with van der Waals surface area (Å²) in [5.41, 5.74) is 5.86. The first-order valence-corrected chi connectivity index (χ1v) is 9.15. The first-order valence-electron chi connectivity index (χ1n) is 9.15. The maximum absolute atomic E-state index is 4.94. The molecule has 1 aromatic heterocycles. The highest BCUT2D eigenvalue weighted by atomic mass is 15.1. The number of fused-ring (bicyclic) bond motifs is 1. The topological polar surface area (TPSA) is 19.4 Å². The van der Waals surface area contributed by atoms with Crippen LogP contribution in [0.2, 0.25) is 0 Å². The standard InChI is InChI=1S/C22H25N3/c1-24(2)18-12-10-17(11-13-18)21-16-22(25-14-6-3-7-15-25)19-8-4-5-9-20(19)23-21/h4-5,8-13,16H,3,6-7,14-15H2,1-2H3. The van der Waals surface area contributed by atoms with Crippen LogP contribution in [-0.4, -0.2) is 32.2 Å². The first kappa shape index (κ1) is 15.9. The van der Waals surface area contributed by atoms with Crippen molar-refractivity contribution in [3.8, 4) is 11.3 Å². The van der Waals surface area contributed by atoms with Gasteiger partial charge in [0.15, 0.2) is 0 Å². The summed E-state index contributed by atoms with van der Waals surface area (Å²) in [6.07, 6.45) is 3.91. The molecule has 3 nitrogen and oxygen atoms in total. The Bertz CT molecular complexity index is 862. The van der Waals surface area contributed by atoms with E-state index in [1.165, 1.54) is 41.6 Å². The van der Waals surface area contributed by atoms with E-state index >= 15 is 0 Å². The van der Waals surface area contributed by atoms with Crippen molar-refractivity contribution < 1.29 is 0 Å². The van der Waals surface area contributed by atoms with E-state index in [9.17, 15) is 0 Å². The molecule has 3 heteroatoms. The van der Waals surface area contributed by atoms with E-state index < -0.39 is 0 Å². The number of para-hydroxylation sites is 1. The predicted molar refractivity (Wildman–Crippen MR) is 108 cm³/mol. The fraction of sp³-hybridized carbons (Fsp3) is 0.318. The van der Waals surface area contributed by atoms with Crippen LogP contribution in [0, 0.1) is 0 Å². The van der Waals surface area contributed by atoms with Gasteiger partial charge in [0.1, 0.15) is 0 Å². The van der Waals surface area contributed by atoms with Crippen molar-refractivity contribution in [3.05, 3.63) is 54.6 Å². The number of hydrogen-bond donors (Lipinski definition) is 0. The lowest BCUT2D eigenvalue weighted by Crippen LogP contribution is -2.29. The Labute approximate surface area is 149 Å². The zero-order valence-electron chi connectivity index (χ0n) is 15.1. The summed E-state index contributed by atoms with van der Waals surface area (Å²) < 4.78 is 0. The molecule has 0 saturated carbocycles. The van der Waals surface area contributed by atoms with E-state index in [2.05, 4.69) is 78.5 Å². The summed E-state index contributed by atoms with van der Waals surface area (Å²) in [5, 5.41) is 1.26. The zero-order valence-corrected chi connectivity index (χ0v) is 15.1. The molecule has 0 aliphatic carbocycles. The lowest BCUT2D eigenvalue weighted by atomic mass is 10.0. The Morgan fingerprint density at radius 2 is 1.60 bits per heavy atom. The summed E-state index contributed by atoms with van der Waals surface area (Å²) in [6.45, 7) is 2.29. The molecular weight excluding hydrogens is 306 g/mol. The first-order chi connectivity index (χ1) is 12.2. The van der Waals surface area contributed by atoms with Gasteiger partial charge in [-0.1, -0.05) is 30.3 Å². The van der Waals surface area contributed by atoms with Crippen LogP contribution in [0.25, 0.3) is 22.2 Å². The summed E-state index contributed by atoms with van der Waals surface area (Å²) in [6, 6.07) is 19.5. The van der Waals surface area contributed by atoms with E-state index in [0.717, 1.165) is 24.3 Å². The Morgan fingerprint density at radius 1 is 0.880 bits per heavy atom. The second kappa shape index (κ2) is 6.75. The van der Waals surface area contributed by atoms with Gasteiger partial charge >= 0.3 is 0 Å². The molecule has 0 N–H and O–H groups in total. The molecule has 1 fully saturated rings. The van der Waals surface area contributed by atoms with Crippen molar-refractivity contribution in [1.82, 2.24) is 4.98 Å². The Morgan fingerprint density at radius 3 is 2.32 bits per heavy atom. The highest BCUT2D eigenvalue weighted by Crippen LogP contribution is 2.32. The predicted octanol–water partition coefficient (Wildman–Crippen LogP) is 4.96. The number of rotatable bonds is 3. The largest absolute Gasteiger partial charge is 0.378 e. The maximum atomic E-state index is 4.94. The minimum atomic E-state index is 1.06. The number of piperidine rings is 1. The highest BCUT2D eigenvalue weighted by Gasteiger charge is 2.16. The second-order valence-electron chi connectivity index (χ2n) is 7.03. The molecule has 4 rings (SSSR count). The maximum Gasteiger partial charge on any atom is 0.0730 e. The molecule has 0 radical (unpaired) electrons. The Hall–Kier alpha value is -2.55. The van der Waals surface area contributed by atoms with Crippen LogP contribution in [0.3, 0.4) is 0 Å². The molecule has 0 bridgehead atoms. The SMILES string of the molecule is CN(C)c1ccc(-c2cc(N3CCCCC3)c3ccccc3n2)cc1. The van der Waals surface area contributed by atoms with Gasteiger partial charge in [0.25, 0.3) is 0 Å². The average molecular weight is 331 g/mol. The monoisotopic (exact) mass is 331 g/mol. The fourth-order valence-electron chi connectivity index (χ4n) is 3.63. The lowest BCUT2D eigenvalue weighted by Gasteiger charge is -2.30. The molecule has 128 valence electrons. The van der Waals surface area contributed by atoms with Crippen LogP contribution in [0.1, 0.15) is 19.3 Å². The van der Waals surface area contributed by atoms with Crippen LogP contribution in [-0.2, 0) is 0 Å². The quantitative estimate of drug-likeness (QED) is 0.676. The van der Waals surface area contributed by atoms with Crippen molar-refractivity contribution in [2.45, 2.75) is 19.3 Å². The fourth-order valence-corrected chi connectivity index (χ4v) is 3.63. The number of anilines is 2. The molecule has 1 saturated heterocycles. The van der Waals surface area contributed by atoms with Crippen LogP contribution in [0.4, 0.5) is 11.4 Å². The third-order valence-corrected chi connectivity index (χ3v) is 5.07. The minimum Gasteiger partial charge on any atom is -0.378 e. The van der Waals surface area contributed by atoms with Gasteiger partial charge in [0, 0.05) is 49.5 Å². The zero-order chi connectivity index (χ0) is 17.2. The summed E-state index contributed by atoms with van der Waals surface area (Å²) in [7, 11) is 4.13. The van der Waals surface area contributed by atoms with E-state index in [4.69, 9.17) is 4.98 Å². The number of pyridine rings is 1. The normalized spacial score (nSPS) is 14.7. The van der Waals surface area contributed by atoms with Gasteiger partial charge in [-0.2, -0.15) is 0 Å². The second-order valence-corrected chi connectivity index (χ2v) is 7.03. The molecule has 25 heavy (non-hydrogen) atoms. The van der Waals surface area contributed by atoms with Crippen LogP contribution < -0.4 is 9.80 Å². The molecule has 0 spiro atoms. The van der Waals surface area contributed by atoms with E-state index in [1.807, 2.05) is 0 Å². The number of nitrogens with zero attached hydrogens (tertiary/aromatic N) is 3. The smallest absolute Gasteiger partial charge is 0.0730 e. The summed E-state index contributed by atoms with van der Waals surface area (Å²) >= 11 is 0. The van der Waals surface area contributed by atoms with Crippen molar-refractivity contribution in [3.63, 3.8) is 0 Å². The van der Waals surface area contributed by atoms with Gasteiger partial charge in [-0.15, -0.1) is 0 Å². The van der Waals surface area contributed by atoms with Crippen LogP contribution in [0.15, 0.2) is 54.6 Å². The van der Waals surface area contributed by atoms with Gasteiger partial charge in [0.2, 0.25) is 0 Å². The third kappa shape index (κ3) is 3.19. The number of hydrogen-bond acceptors (Lipinski definition) is 3. The van der Waals surface area contributed by atoms with Crippen LogP contribution >= 0.6 is 0 Å². The molecular formula is C22H25N3. The Kier molecular flexibility index (Phi) is 4.31. The molecule has 2 aromatic carbocycles. The number of aromatic nitrogens is 1. The van der Waals surface area contributed by atoms with E-state index in [1.54, 1.807) is 0 Å². The van der Waals surface area contributed by atoms with Crippen molar-refractivity contribution in [1.29, 1.82) is 0 Å². The molecule has 1 aliphatic rings. The minimum absolute atomic E-state index is 1.06. The van der Waals surface area contributed by atoms with Gasteiger partial charge in [-0.3, -0.25) is 0 Å². The Balaban J connectivity index is 1.81. The lowest BCUT2D eigenvalue weighted by molar-refractivity contribution is 0.579. The highest BCUT2D eigenvalue weighted by molar-refractivity contribution is 5.94. The molecule has 0 atom stereocenters. The molecule has 3 aromatic rings. The van der Waals surface area contributed by atoms with Gasteiger partial charge in [0.05, 0.1) is 11.2 Å². The number of benzene rings is 2. The van der Waals surface area contributed by atoms with E-state index in [-0.39, 0.29) is 0 Å². The summed E-state index contributed by atoms with van der Waals surface area (Å²) in [5.74, 6) is 0.